The first-order valence-corrected chi connectivity index (χ1v) is 6.56. The molecule has 5 nitrogen and oxygen atoms in total. The first-order chi connectivity index (χ1) is 8.74. The van der Waals surface area contributed by atoms with Crippen molar-refractivity contribution >= 4 is 5.95 Å². The number of nitrogens with zero attached hydrogens (tertiary/aromatic N) is 3. The molecule has 1 fully saturated rings. The lowest BCUT2D eigenvalue weighted by atomic mass is 10.1. The highest BCUT2D eigenvalue weighted by Crippen LogP contribution is 2.05. The van der Waals surface area contributed by atoms with E-state index in [1.807, 2.05) is 19.3 Å². The van der Waals surface area contributed by atoms with Crippen LogP contribution in [0.25, 0.3) is 0 Å². The molecule has 1 aromatic heterocycles. The van der Waals surface area contributed by atoms with E-state index < -0.39 is 0 Å². The fourth-order valence-corrected chi connectivity index (χ4v) is 2.04. The fourth-order valence-electron chi connectivity index (χ4n) is 2.04. The third-order valence-electron chi connectivity index (χ3n) is 3.06. The first-order valence-electron chi connectivity index (χ1n) is 6.56. The minimum Gasteiger partial charge on any atom is -0.379 e. The highest BCUT2D eigenvalue weighted by Gasteiger charge is 2.13. The summed E-state index contributed by atoms with van der Waals surface area (Å²) in [6.07, 6.45) is 3.67. The fraction of sp³-hybridized carbons (Fsp3) is 0.692. The predicted molar refractivity (Wildman–Crippen MR) is 71.7 cm³/mol. The molecule has 5 heteroatoms. The van der Waals surface area contributed by atoms with Crippen LogP contribution < -0.4 is 5.32 Å². The Kier molecular flexibility index (Phi) is 4.90. The topological polar surface area (TPSA) is 50.3 Å². The number of rotatable bonds is 5. The molecule has 1 unspecified atom stereocenters. The van der Waals surface area contributed by atoms with Gasteiger partial charge in [0.15, 0.2) is 0 Å². The normalized spacial score (nSPS) is 18.6. The van der Waals surface area contributed by atoms with Gasteiger partial charge in [0.25, 0.3) is 0 Å². The Morgan fingerprint density at radius 1 is 1.33 bits per heavy atom. The van der Waals surface area contributed by atoms with E-state index in [0.29, 0.717) is 5.92 Å². The first kappa shape index (κ1) is 13.2. The van der Waals surface area contributed by atoms with Crippen molar-refractivity contribution in [3.63, 3.8) is 0 Å². The molecule has 0 aromatic carbocycles. The van der Waals surface area contributed by atoms with Crippen molar-refractivity contribution in [3.05, 3.63) is 18.0 Å². The number of nitrogens with one attached hydrogen (secondary N) is 1. The standard InChI is InChI=1S/C13H22N4O/c1-11-7-14-13(15-8-11)16-9-12(2)10-17-3-5-18-6-4-17/h7-8,12H,3-6,9-10H2,1-2H3,(H,14,15,16). The van der Waals surface area contributed by atoms with Gasteiger partial charge in [0.2, 0.25) is 5.95 Å². The van der Waals surface area contributed by atoms with Crippen LogP contribution in [0.15, 0.2) is 12.4 Å². The predicted octanol–water partition coefficient (Wildman–Crippen LogP) is 1.17. The minimum absolute atomic E-state index is 0.577. The maximum absolute atomic E-state index is 5.34. The van der Waals surface area contributed by atoms with E-state index in [1.165, 1.54) is 0 Å². The number of anilines is 1. The quantitative estimate of drug-likeness (QED) is 0.850. The Morgan fingerprint density at radius 3 is 2.67 bits per heavy atom. The van der Waals surface area contributed by atoms with Gasteiger partial charge in [-0.25, -0.2) is 9.97 Å². The van der Waals surface area contributed by atoms with Gasteiger partial charge in [0.05, 0.1) is 13.2 Å². The molecule has 1 saturated heterocycles. The number of ether oxygens (including phenoxy) is 1. The molecule has 1 aliphatic rings. The monoisotopic (exact) mass is 250 g/mol. The molecule has 0 spiro atoms. The molecule has 2 rings (SSSR count). The van der Waals surface area contributed by atoms with Crippen LogP contribution in [-0.4, -0.2) is 54.3 Å². The molecule has 0 bridgehead atoms. The van der Waals surface area contributed by atoms with E-state index in [4.69, 9.17) is 4.74 Å². The number of morpholine rings is 1. The van der Waals surface area contributed by atoms with Gasteiger partial charge in [-0.3, -0.25) is 4.90 Å². The summed E-state index contributed by atoms with van der Waals surface area (Å²) in [5.41, 5.74) is 1.09. The molecule has 100 valence electrons. The van der Waals surface area contributed by atoms with Crippen LogP contribution >= 0.6 is 0 Å². The second-order valence-corrected chi connectivity index (χ2v) is 4.98. The van der Waals surface area contributed by atoms with Gasteiger partial charge in [-0.1, -0.05) is 6.92 Å². The Balaban J connectivity index is 1.70. The van der Waals surface area contributed by atoms with E-state index in [9.17, 15) is 0 Å². The third kappa shape index (κ3) is 4.23. The van der Waals surface area contributed by atoms with Crippen molar-refractivity contribution in [3.8, 4) is 0 Å². The second kappa shape index (κ2) is 6.66. The van der Waals surface area contributed by atoms with Crippen LogP contribution in [0.4, 0.5) is 5.95 Å². The van der Waals surface area contributed by atoms with Gasteiger partial charge in [0, 0.05) is 38.6 Å². The van der Waals surface area contributed by atoms with Gasteiger partial charge in [-0.05, 0) is 18.4 Å². The largest absolute Gasteiger partial charge is 0.379 e. The van der Waals surface area contributed by atoms with Crippen molar-refractivity contribution in [2.24, 2.45) is 5.92 Å². The second-order valence-electron chi connectivity index (χ2n) is 4.98. The van der Waals surface area contributed by atoms with Gasteiger partial charge < -0.3 is 10.1 Å². The molecule has 1 aliphatic heterocycles. The summed E-state index contributed by atoms with van der Waals surface area (Å²) in [5, 5.41) is 3.28. The maximum atomic E-state index is 5.34. The summed E-state index contributed by atoms with van der Waals surface area (Å²) in [6.45, 7) is 10.1. The average Bonchev–Trinajstić information content (AvgIpc) is 2.39. The molecule has 0 saturated carbocycles. The number of hydrogen-bond donors (Lipinski definition) is 1. The SMILES string of the molecule is Cc1cnc(NCC(C)CN2CCOCC2)nc1. The van der Waals surface area contributed by atoms with E-state index >= 15 is 0 Å². The van der Waals surface area contributed by atoms with E-state index in [2.05, 4.69) is 27.1 Å². The summed E-state index contributed by atoms with van der Waals surface area (Å²) in [5.74, 6) is 1.29. The van der Waals surface area contributed by atoms with Crippen LogP contribution in [0, 0.1) is 12.8 Å². The summed E-state index contributed by atoms with van der Waals surface area (Å²) in [7, 11) is 0. The zero-order valence-corrected chi connectivity index (χ0v) is 11.2. The molecule has 1 atom stereocenters. The highest BCUT2D eigenvalue weighted by atomic mass is 16.5. The molecule has 1 aromatic rings. The molecule has 1 N–H and O–H groups in total. The lowest BCUT2D eigenvalue weighted by Gasteiger charge is -2.29. The number of hydrogen-bond acceptors (Lipinski definition) is 5. The minimum atomic E-state index is 0.577. The van der Waals surface area contributed by atoms with E-state index in [1.54, 1.807) is 0 Å². The molecule has 2 heterocycles. The van der Waals surface area contributed by atoms with Crippen LogP contribution in [0.5, 0.6) is 0 Å². The van der Waals surface area contributed by atoms with Crippen molar-refractivity contribution in [1.29, 1.82) is 0 Å². The molecule has 18 heavy (non-hydrogen) atoms. The summed E-state index contributed by atoms with van der Waals surface area (Å²) < 4.78 is 5.34. The van der Waals surface area contributed by atoms with Crippen LogP contribution in [0.1, 0.15) is 12.5 Å². The average molecular weight is 250 g/mol. The molecular formula is C13H22N4O. The zero-order valence-electron chi connectivity index (χ0n) is 11.2. The Hall–Kier alpha value is -1.20. The Morgan fingerprint density at radius 2 is 2.00 bits per heavy atom. The maximum Gasteiger partial charge on any atom is 0.222 e. The van der Waals surface area contributed by atoms with Crippen molar-refractivity contribution in [2.45, 2.75) is 13.8 Å². The highest BCUT2D eigenvalue weighted by molar-refractivity contribution is 5.24. The molecule has 0 radical (unpaired) electrons. The third-order valence-corrected chi connectivity index (χ3v) is 3.06. The summed E-state index contributed by atoms with van der Waals surface area (Å²) >= 11 is 0. The van der Waals surface area contributed by atoms with Gasteiger partial charge >= 0.3 is 0 Å². The van der Waals surface area contributed by atoms with Crippen molar-refractivity contribution in [2.75, 3.05) is 44.7 Å². The number of aryl methyl sites for hydroxylation is 1. The Labute approximate surface area is 109 Å². The van der Waals surface area contributed by atoms with Crippen molar-refractivity contribution in [1.82, 2.24) is 14.9 Å². The van der Waals surface area contributed by atoms with Crippen LogP contribution in [-0.2, 0) is 4.74 Å². The van der Waals surface area contributed by atoms with Gasteiger partial charge in [0.1, 0.15) is 0 Å². The van der Waals surface area contributed by atoms with Gasteiger partial charge in [-0.2, -0.15) is 0 Å². The molecule has 0 amide bonds. The zero-order chi connectivity index (χ0) is 12.8. The lowest BCUT2D eigenvalue weighted by molar-refractivity contribution is 0.0325. The molecular weight excluding hydrogens is 228 g/mol. The molecule has 0 aliphatic carbocycles. The number of aromatic nitrogens is 2. The van der Waals surface area contributed by atoms with Crippen molar-refractivity contribution < 1.29 is 4.74 Å². The summed E-state index contributed by atoms with van der Waals surface area (Å²) in [6, 6.07) is 0. The smallest absolute Gasteiger partial charge is 0.222 e. The van der Waals surface area contributed by atoms with Crippen LogP contribution in [0.2, 0.25) is 0 Å². The van der Waals surface area contributed by atoms with E-state index in [0.717, 1.165) is 50.9 Å². The lowest BCUT2D eigenvalue weighted by Crippen LogP contribution is -2.40. The van der Waals surface area contributed by atoms with E-state index in [-0.39, 0.29) is 0 Å². The van der Waals surface area contributed by atoms with Crippen LogP contribution in [0.3, 0.4) is 0 Å². The van der Waals surface area contributed by atoms with Gasteiger partial charge in [-0.15, -0.1) is 0 Å². The Bertz CT molecular complexity index is 349. The summed E-state index contributed by atoms with van der Waals surface area (Å²) in [4.78, 5) is 10.9.